The van der Waals surface area contributed by atoms with Crippen molar-refractivity contribution in [1.82, 2.24) is 9.71 Å². The minimum absolute atomic E-state index is 0.228. The van der Waals surface area contributed by atoms with Gasteiger partial charge in [0.2, 0.25) is 10.0 Å². The topological polar surface area (TPSA) is 59.1 Å². The maximum atomic E-state index is 12.2. The van der Waals surface area contributed by atoms with Gasteiger partial charge in [-0.15, -0.1) is 11.6 Å². The van der Waals surface area contributed by atoms with Gasteiger partial charge in [-0.2, -0.15) is 0 Å². The van der Waals surface area contributed by atoms with Gasteiger partial charge in [-0.1, -0.05) is 12.1 Å². The largest absolute Gasteiger partial charge is 0.264 e. The molecule has 21 heavy (non-hydrogen) atoms. The van der Waals surface area contributed by atoms with E-state index >= 15 is 0 Å². The molecule has 2 rings (SSSR count). The van der Waals surface area contributed by atoms with Gasteiger partial charge in [0.25, 0.3) is 0 Å². The number of alkyl halides is 1. The molecule has 0 fully saturated rings. The van der Waals surface area contributed by atoms with Gasteiger partial charge in [-0.05, 0) is 48.2 Å². The van der Waals surface area contributed by atoms with Crippen LogP contribution in [-0.2, 0) is 23.0 Å². The predicted molar refractivity (Wildman–Crippen MR) is 83.9 cm³/mol. The third-order valence-electron chi connectivity index (χ3n) is 3.22. The summed E-state index contributed by atoms with van der Waals surface area (Å²) in [5, 5.41) is 0. The zero-order valence-electron chi connectivity index (χ0n) is 11.7. The lowest BCUT2D eigenvalue weighted by Gasteiger charge is -2.09. The molecule has 0 amide bonds. The summed E-state index contributed by atoms with van der Waals surface area (Å²) in [5.74, 6) is 0.518. The Bertz CT molecular complexity index is 700. The van der Waals surface area contributed by atoms with Crippen LogP contribution >= 0.6 is 11.6 Å². The maximum absolute atomic E-state index is 12.2. The van der Waals surface area contributed by atoms with Crippen LogP contribution in [-0.4, -0.2) is 19.3 Å². The van der Waals surface area contributed by atoms with E-state index in [1.807, 2.05) is 13.0 Å². The number of nitrogens with zero attached hydrogens (tertiary/aromatic N) is 1. The molecule has 112 valence electrons. The summed E-state index contributed by atoms with van der Waals surface area (Å²) in [5.41, 5.74) is 2.89. The minimum atomic E-state index is -3.52. The lowest BCUT2D eigenvalue weighted by molar-refractivity contribution is 0.581. The molecular weight excluding hydrogens is 308 g/mol. The molecule has 0 atom stereocenters. The van der Waals surface area contributed by atoms with E-state index in [0.29, 0.717) is 5.88 Å². The number of nitrogens with one attached hydrogen (secondary N) is 1. The molecule has 0 unspecified atom stereocenters. The molecule has 0 aliphatic carbocycles. The Morgan fingerprint density at radius 1 is 1.19 bits per heavy atom. The number of halogens is 1. The minimum Gasteiger partial charge on any atom is -0.264 e. The molecule has 0 saturated heterocycles. The van der Waals surface area contributed by atoms with Crippen molar-refractivity contribution < 1.29 is 8.42 Å². The second kappa shape index (κ2) is 7.02. The summed E-state index contributed by atoms with van der Waals surface area (Å²) in [6.07, 6.45) is 4.08. The fourth-order valence-electron chi connectivity index (χ4n) is 1.88. The Morgan fingerprint density at radius 3 is 2.52 bits per heavy atom. The highest BCUT2D eigenvalue weighted by Crippen LogP contribution is 2.13. The standard InChI is InChI=1S/C15H17ClN2O2S/c1-12-7-9-17-10-14(12)11-18-21(19,20)15-4-2-13(3-5-15)6-8-16/h2-5,7,9-10,18H,6,8,11H2,1H3. The van der Waals surface area contributed by atoms with Crippen LogP contribution in [0.15, 0.2) is 47.6 Å². The van der Waals surface area contributed by atoms with Crippen molar-refractivity contribution in [2.45, 2.75) is 24.8 Å². The van der Waals surface area contributed by atoms with Crippen LogP contribution in [0.3, 0.4) is 0 Å². The zero-order valence-corrected chi connectivity index (χ0v) is 13.3. The van der Waals surface area contributed by atoms with Crippen LogP contribution in [0, 0.1) is 6.92 Å². The summed E-state index contributed by atoms with van der Waals surface area (Å²) in [4.78, 5) is 4.26. The molecule has 1 aromatic heterocycles. The molecular formula is C15H17ClN2O2S. The van der Waals surface area contributed by atoms with Crippen molar-refractivity contribution in [2.24, 2.45) is 0 Å². The van der Waals surface area contributed by atoms with Crippen molar-refractivity contribution in [2.75, 3.05) is 5.88 Å². The van der Waals surface area contributed by atoms with E-state index in [2.05, 4.69) is 9.71 Å². The lowest BCUT2D eigenvalue weighted by Crippen LogP contribution is -2.23. The number of aryl methyl sites for hydroxylation is 2. The van der Waals surface area contributed by atoms with E-state index in [1.54, 1.807) is 36.7 Å². The van der Waals surface area contributed by atoms with Crippen molar-refractivity contribution in [3.8, 4) is 0 Å². The van der Waals surface area contributed by atoms with Crippen molar-refractivity contribution in [3.63, 3.8) is 0 Å². The zero-order chi connectivity index (χ0) is 15.3. The smallest absolute Gasteiger partial charge is 0.240 e. The Hall–Kier alpha value is -1.43. The second-order valence-corrected chi connectivity index (χ2v) is 6.85. The Labute approximate surface area is 130 Å². The highest BCUT2D eigenvalue weighted by atomic mass is 35.5. The van der Waals surface area contributed by atoms with E-state index in [-0.39, 0.29) is 11.4 Å². The van der Waals surface area contributed by atoms with Crippen LogP contribution in [0.1, 0.15) is 16.7 Å². The summed E-state index contributed by atoms with van der Waals surface area (Å²) >= 11 is 5.66. The van der Waals surface area contributed by atoms with E-state index in [0.717, 1.165) is 23.1 Å². The number of hydrogen-bond acceptors (Lipinski definition) is 3. The van der Waals surface area contributed by atoms with Crippen LogP contribution in [0.4, 0.5) is 0 Å². The third kappa shape index (κ3) is 4.27. The monoisotopic (exact) mass is 324 g/mol. The van der Waals surface area contributed by atoms with Gasteiger partial charge in [0.15, 0.2) is 0 Å². The molecule has 1 N–H and O–H groups in total. The van der Waals surface area contributed by atoms with Gasteiger partial charge in [0.1, 0.15) is 0 Å². The number of hydrogen-bond donors (Lipinski definition) is 1. The average molecular weight is 325 g/mol. The number of sulfonamides is 1. The van der Waals surface area contributed by atoms with E-state index in [9.17, 15) is 8.42 Å². The molecule has 1 aromatic carbocycles. The first-order valence-electron chi connectivity index (χ1n) is 6.57. The van der Waals surface area contributed by atoms with E-state index in [4.69, 9.17) is 11.6 Å². The Kier molecular flexibility index (Phi) is 5.33. The summed E-state index contributed by atoms with van der Waals surface area (Å²) in [6.45, 7) is 2.15. The number of benzene rings is 1. The highest BCUT2D eigenvalue weighted by molar-refractivity contribution is 7.89. The summed E-state index contributed by atoms with van der Waals surface area (Å²) < 4.78 is 27.0. The quantitative estimate of drug-likeness (QED) is 0.831. The van der Waals surface area contributed by atoms with Gasteiger partial charge < -0.3 is 0 Å². The summed E-state index contributed by atoms with van der Waals surface area (Å²) in [6, 6.07) is 8.61. The lowest BCUT2D eigenvalue weighted by atomic mass is 10.2. The van der Waals surface area contributed by atoms with Crippen molar-refractivity contribution >= 4 is 21.6 Å². The van der Waals surface area contributed by atoms with Crippen LogP contribution in [0.2, 0.25) is 0 Å². The van der Waals surface area contributed by atoms with Crippen LogP contribution in [0.5, 0.6) is 0 Å². The molecule has 1 heterocycles. The fraction of sp³-hybridized carbons (Fsp3) is 0.267. The number of rotatable bonds is 6. The van der Waals surface area contributed by atoms with Crippen LogP contribution in [0.25, 0.3) is 0 Å². The Balaban J connectivity index is 2.09. The molecule has 0 saturated carbocycles. The van der Waals surface area contributed by atoms with Gasteiger partial charge in [-0.3, -0.25) is 4.98 Å². The molecule has 0 spiro atoms. The normalized spacial score (nSPS) is 11.5. The van der Waals surface area contributed by atoms with Crippen molar-refractivity contribution in [1.29, 1.82) is 0 Å². The maximum Gasteiger partial charge on any atom is 0.240 e. The fourth-order valence-corrected chi connectivity index (χ4v) is 3.11. The molecule has 2 aromatic rings. The second-order valence-electron chi connectivity index (χ2n) is 4.71. The first-order valence-corrected chi connectivity index (χ1v) is 8.59. The van der Waals surface area contributed by atoms with Gasteiger partial charge >= 0.3 is 0 Å². The Morgan fingerprint density at radius 2 is 1.90 bits per heavy atom. The number of pyridine rings is 1. The molecule has 0 aliphatic heterocycles. The molecule has 0 bridgehead atoms. The van der Waals surface area contributed by atoms with Gasteiger partial charge in [-0.25, -0.2) is 13.1 Å². The highest BCUT2D eigenvalue weighted by Gasteiger charge is 2.14. The SMILES string of the molecule is Cc1ccncc1CNS(=O)(=O)c1ccc(CCCl)cc1. The van der Waals surface area contributed by atoms with Gasteiger partial charge in [0.05, 0.1) is 4.90 Å². The average Bonchev–Trinajstić information content (AvgIpc) is 2.47. The predicted octanol–water partition coefficient (Wildman–Crippen LogP) is 2.65. The molecule has 4 nitrogen and oxygen atoms in total. The first-order chi connectivity index (χ1) is 10.0. The first kappa shape index (κ1) is 15.9. The third-order valence-corrected chi connectivity index (χ3v) is 4.82. The number of aromatic nitrogens is 1. The molecule has 6 heteroatoms. The van der Waals surface area contributed by atoms with Crippen LogP contribution < -0.4 is 4.72 Å². The van der Waals surface area contributed by atoms with E-state index in [1.165, 1.54) is 0 Å². The summed E-state index contributed by atoms with van der Waals surface area (Å²) in [7, 11) is -3.52. The molecule has 0 radical (unpaired) electrons. The molecule has 0 aliphatic rings. The van der Waals surface area contributed by atoms with Crippen molar-refractivity contribution in [3.05, 3.63) is 59.4 Å². The van der Waals surface area contributed by atoms with E-state index < -0.39 is 10.0 Å². The van der Waals surface area contributed by atoms with Gasteiger partial charge in [0, 0.05) is 24.8 Å².